The van der Waals surface area contributed by atoms with Crippen LogP contribution in [0.2, 0.25) is 5.02 Å². The number of primary amides is 1. The van der Waals surface area contributed by atoms with Crippen molar-refractivity contribution in [1.29, 1.82) is 0 Å². The lowest BCUT2D eigenvalue weighted by molar-refractivity contribution is -0.118. The summed E-state index contributed by atoms with van der Waals surface area (Å²) >= 11 is 5.96. The predicted molar refractivity (Wildman–Crippen MR) is 57.0 cm³/mol. The lowest BCUT2D eigenvalue weighted by Crippen LogP contribution is -2.30. The minimum absolute atomic E-state index is 0.241. The van der Waals surface area contributed by atoms with Crippen LogP contribution in [-0.4, -0.2) is 24.4 Å². The van der Waals surface area contributed by atoms with Crippen molar-refractivity contribution in [1.82, 2.24) is 4.90 Å². The van der Waals surface area contributed by atoms with Gasteiger partial charge in [0.1, 0.15) is 0 Å². The molecule has 14 heavy (non-hydrogen) atoms. The fraction of sp³-hybridized carbons (Fsp3) is 0.300. The van der Waals surface area contributed by atoms with Crippen LogP contribution in [0, 0.1) is 0 Å². The number of likely N-dealkylation sites (N-methyl/N-ethyl adjacent to an activating group) is 1. The maximum atomic E-state index is 10.6. The van der Waals surface area contributed by atoms with E-state index in [-0.39, 0.29) is 12.5 Å². The summed E-state index contributed by atoms with van der Waals surface area (Å²) in [7, 11) is 1.83. The van der Waals surface area contributed by atoms with Crippen molar-refractivity contribution in [2.75, 3.05) is 13.6 Å². The third-order valence-electron chi connectivity index (χ3n) is 1.82. The van der Waals surface area contributed by atoms with Crippen molar-refractivity contribution < 1.29 is 4.79 Å². The molecule has 0 atom stereocenters. The van der Waals surface area contributed by atoms with Crippen LogP contribution < -0.4 is 5.73 Å². The van der Waals surface area contributed by atoms with Crippen molar-refractivity contribution in [2.45, 2.75) is 6.54 Å². The predicted octanol–water partition coefficient (Wildman–Crippen LogP) is 1.26. The first-order valence-corrected chi connectivity index (χ1v) is 4.67. The molecular formula is C10H13ClN2O. The summed E-state index contributed by atoms with van der Waals surface area (Å²) < 4.78 is 0. The summed E-state index contributed by atoms with van der Waals surface area (Å²) in [5.74, 6) is -0.334. The van der Waals surface area contributed by atoms with Gasteiger partial charge in [-0.3, -0.25) is 9.69 Å². The normalized spacial score (nSPS) is 10.5. The number of halogens is 1. The molecule has 0 saturated carbocycles. The van der Waals surface area contributed by atoms with Crippen molar-refractivity contribution in [3.8, 4) is 0 Å². The molecule has 0 aliphatic rings. The van der Waals surface area contributed by atoms with E-state index in [9.17, 15) is 4.79 Å². The fourth-order valence-electron chi connectivity index (χ4n) is 1.24. The lowest BCUT2D eigenvalue weighted by atomic mass is 10.2. The molecule has 0 fully saturated rings. The third-order valence-corrected chi connectivity index (χ3v) is 2.19. The third kappa shape index (κ3) is 3.36. The highest BCUT2D eigenvalue weighted by atomic mass is 35.5. The fourth-order valence-corrected chi connectivity index (χ4v) is 1.43. The Hall–Kier alpha value is -1.06. The van der Waals surface area contributed by atoms with Crippen LogP contribution >= 0.6 is 11.6 Å². The van der Waals surface area contributed by atoms with Crippen molar-refractivity contribution in [3.63, 3.8) is 0 Å². The number of benzene rings is 1. The Morgan fingerprint density at radius 2 is 2.14 bits per heavy atom. The zero-order valence-electron chi connectivity index (χ0n) is 8.03. The summed E-state index contributed by atoms with van der Waals surface area (Å²) in [6.07, 6.45) is 0. The van der Waals surface area contributed by atoms with Crippen LogP contribution in [-0.2, 0) is 11.3 Å². The van der Waals surface area contributed by atoms with Crippen LogP contribution in [0.5, 0.6) is 0 Å². The van der Waals surface area contributed by atoms with E-state index in [1.54, 1.807) is 0 Å². The number of nitrogens with two attached hydrogens (primary N) is 1. The lowest BCUT2D eigenvalue weighted by Gasteiger charge is -2.15. The molecule has 0 radical (unpaired) electrons. The van der Waals surface area contributed by atoms with Gasteiger partial charge in [-0.25, -0.2) is 0 Å². The second kappa shape index (κ2) is 4.98. The van der Waals surface area contributed by atoms with Crippen molar-refractivity contribution in [2.24, 2.45) is 5.73 Å². The number of hydrogen-bond acceptors (Lipinski definition) is 2. The highest BCUT2D eigenvalue weighted by Crippen LogP contribution is 2.15. The number of rotatable bonds is 4. The number of hydrogen-bond donors (Lipinski definition) is 1. The van der Waals surface area contributed by atoms with Gasteiger partial charge in [-0.1, -0.05) is 29.8 Å². The van der Waals surface area contributed by atoms with Gasteiger partial charge in [-0.2, -0.15) is 0 Å². The van der Waals surface area contributed by atoms with E-state index in [4.69, 9.17) is 17.3 Å². The first-order chi connectivity index (χ1) is 6.59. The molecule has 0 heterocycles. The van der Waals surface area contributed by atoms with Gasteiger partial charge in [0.25, 0.3) is 0 Å². The zero-order chi connectivity index (χ0) is 10.6. The Kier molecular flexibility index (Phi) is 3.92. The molecular weight excluding hydrogens is 200 g/mol. The Morgan fingerprint density at radius 1 is 1.50 bits per heavy atom. The molecule has 0 saturated heterocycles. The molecule has 1 aromatic rings. The molecule has 76 valence electrons. The van der Waals surface area contributed by atoms with E-state index in [1.165, 1.54) is 0 Å². The SMILES string of the molecule is CN(CC(N)=O)Cc1ccccc1Cl. The van der Waals surface area contributed by atoms with E-state index < -0.39 is 0 Å². The van der Waals surface area contributed by atoms with Crippen LogP contribution in [0.25, 0.3) is 0 Å². The van der Waals surface area contributed by atoms with Gasteiger partial charge in [0.15, 0.2) is 0 Å². The Bertz CT molecular complexity index is 328. The van der Waals surface area contributed by atoms with Crippen LogP contribution in [0.3, 0.4) is 0 Å². The Morgan fingerprint density at radius 3 is 2.71 bits per heavy atom. The highest BCUT2D eigenvalue weighted by molar-refractivity contribution is 6.31. The summed E-state index contributed by atoms with van der Waals surface area (Å²) in [6.45, 7) is 0.869. The van der Waals surface area contributed by atoms with E-state index in [2.05, 4.69) is 0 Å². The van der Waals surface area contributed by atoms with Gasteiger partial charge in [-0.15, -0.1) is 0 Å². The average Bonchev–Trinajstić information content (AvgIpc) is 2.07. The maximum Gasteiger partial charge on any atom is 0.231 e. The van der Waals surface area contributed by atoms with Gasteiger partial charge in [-0.05, 0) is 18.7 Å². The number of carbonyl (C=O) groups is 1. The van der Waals surface area contributed by atoms with E-state index in [0.29, 0.717) is 11.6 Å². The van der Waals surface area contributed by atoms with E-state index >= 15 is 0 Å². The van der Waals surface area contributed by atoms with Gasteiger partial charge in [0.2, 0.25) is 5.91 Å². The molecule has 1 aromatic carbocycles. The van der Waals surface area contributed by atoms with Crippen LogP contribution in [0.1, 0.15) is 5.56 Å². The molecule has 1 rings (SSSR count). The second-order valence-electron chi connectivity index (χ2n) is 3.23. The molecule has 4 heteroatoms. The number of nitrogens with zero attached hydrogens (tertiary/aromatic N) is 1. The van der Waals surface area contributed by atoms with Gasteiger partial charge in [0.05, 0.1) is 6.54 Å². The molecule has 0 aromatic heterocycles. The van der Waals surface area contributed by atoms with Crippen molar-refractivity contribution in [3.05, 3.63) is 34.9 Å². The largest absolute Gasteiger partial charge is 0.369 e. The van der Waals surface area contributed by atoms with E-state index in [1.807, 2.05) is 36.2 Å². The topological polar surface area (TPSA) is 46.3 Å². The van der Waals surface area contributed by atoms with Crippen molar-refractivity contribution >= 4 is 17.5 Å². The van der Waals surface area contributed by atoms with Gasteiger partial charge in [0, 0.05) is 11.6 Å². The molecule has 0 aliphatic carbocycles. The number of carbonyl (C=O) groups excluding carboxylic acids is 1. The summed E-state index contributed by atoms with van der Waals surface area (Å²) in [5, 5.41) is 0.712. The van der Waals surface area contributed by atoms with Gasteiger partial charge >= 0.3 is 0 Å². The molecule has 1 amide bonds. The first-order valence-electron chi connectivity index (χ1n) is 4.30. The number of amides is 1. The van der Waals surface area contributed by atoms with Gasteiger partial charge < -0.3 is 5.73 Å². The Balaban J connectivity index is 2.60. The molecule has 0 bridgehead atoms. The molecule has 0 unspecified atom stereocenters. The highest BCUT2D eigenvalue weighted by Gasteiger charge is 2.05. The smallest absolute Gasteiger partial charge is 0.231 e. The van der Waals surface area contributed by atoms with E-state index in [0.717, 1.165) is 5.56 Å². The standard InChI is InChI=1S/C10H13ClN2O/c1-13(7-10(12)14)6-8-4-2-3-5-9(8)11/h2-5H,6-7H2,1H3,(H2,12,14). The summed E-state index contributed by atoms with van der Waals surface area (Å²) in [6, 6.07) is 7.55. The second-order valence-corrected chi connectivity index (χ2v) is 3.64. The maximum absolute atomic E-state index is 10.6. The summed E-state index contributed by atoms with van der Waals surface area (Å²) in [4.78, 5) is 12.5. The molecule has 0 spiro atoms. The quantitative estimate of drug-likeness (QED) is 0.817. The summed E-state index contributed by atoms with van der Waals surface area (Å²) in [5.41, 5.74) is 6.07. The van der Waals surface area contributed by atoms with Crippen LogP contribution in [0.15, 0.2) is 24.3 Å². The minimum atomic E-state index is -0.334. The Labute approximate surface area is 88.5 Å². The molecule has 2 N–H and O–H groups in total. The van der Waals surface area contributed by atoms with Crippen LogP contribution in [0.4, 0.5) is 0 Å². The minimum Gasteiger partial charge on any atom is -0.369 e. The first kappa shape index (κ1) is 11.0. The average molecular weight is 213 g/mol. The zero-order valence-corrected chi connectivity index (χ0v) is 8.79. The molecule has 3 nitrogen and oxygen atoms in total. The monoisotopic (exact) mass is 212 g/mol. The molecule has 0 aliphatic heterocycles.